The van der Waals surface area contributed by atoms with E-state index in [-0.39, 0.29) is 18.2 Å². The minimum absolute atomic E-state index is 0.184. The molecule has 0 saturated carbocycles. The molecule has 0 fully saturated rings. The summed E-state index contributed by atoms with van der Waals surface area (Å²) in [6.07, 6.45) is 1.33. The quantitative estimate of drug-likeness (QED) is 0.178. The van der Waals surface area contributed by atoms with E-state index in [0.717, 1.165) is 23.2 Å². The molecule has 224 valence electrons. The predicted octanol–water partition coefficient (Wildman–Crippen LogP) is 6.96. The van der Waals surface area contributed by atoms with E-state index in [9.17, 15) is 14.4 Å². The summed E-state index contributed by atoms with van der Waals surface area (Å²) >= 11 is 0. The lowest BCUT2D eigenvalue weighted by Gasteiger charge is -2.31. The smallest absolute Gasteiger partial charge is 0.338 e. The number of aryl methyl sites for hydroxylation is 1. The van der Waals surface area contributed by atoms with Crippen LogP contribution in [0.1, 0.15) is 54.1 Å². The van der Waals surface area contributed by atoms with Crippen LogP contribution in [0, 0.1) is 0 Å². The summed E-state index contributed by atoms with van der Waals surface area (Å²) in [6.45, 7) is 6.35. The van der Waals surface area contributed by atoms with Crippen LogP contribution in [0.4, 0.5) is 10.5 Å². The van der Waals surface area contributed by atoms with Crippen molar-refractivity contribution >= 4 is 28.6 Å². The van der Waals surface area contributed by atoms with Crippen LogP contribution in [-0.4, -0.2) is 39.6 Å². The highest BCUT2D eigenvalue weighted by molar-refractivity contribution is 5.92. The number of rotatable bonds is 10. The Morgan fingerprint density at radius 2 is 1.57 bits per heavy atom. The number of aromatic nitrogens is 2. The molecule has 1 aromatic heterocycles. The summed E-state index contributed by atoms with van der Waals surface area (Å²) in [4.78, 5) is 46.9. The molecule has 1 heterocycles. The lowest BCUT2D eigenvalue weighted by atomic mass is 10.1. The average molecular weight is 589 g/mol. The molecule has 5 rings (SSSR count). The monoisotopic (exact) mass is 588 g/mol. The van der Waals surface area contributed by atoms with Crippen LogP contribution in [0.15, 0.2) is 108 Å². The van der Waals surface area contributed by atoms with Crippen molar-refractivity contribution in [3.63, 3.8) is 0 Å². The van der Waals surface area contributed by atoms with Crippen molar-refractivity contribution in [2.75, 3.05) is 18.5 Å². The maximum atomic E-state index is 14.1. The molecular formula is C36H36N4O4. The van der Waals surface area contributed by atoms with Gasteiger partial charge in [0.25, 0.3) is 5.56 Å². The molecule has 4 aromatic carbocycles. The van der Waals surface area contributed by atoms with Crippen LogP contribution < -0.4 is 10.9 Å². The summed E-state index contributed by atoms with van der Waals surface area (Å²) in [5.41, 5.74) is 4.15. The number of anilines is 1. The molecule has 0 saturated heterocycles. The molecule has 0 aliphatic heterocycles. The number of para-hydroxylation sites is 2. The van der Waals surface area contributed by atoms with Crippen molar-refractivity contribution in [3.8, 4) is 5.69 Å². The summed E-state index contributed by atoms with van der Waals surface area (Å²) < 4.78 is 6.73. The molecule has 1 atom stereocenters. The molecule has 0 aliphatic carbocycles. The van der Waals surface area contributed by atoms with Gasteiger partial charge in [-0.25, -0.2) is 14.6 Å². The van der Waals surface area contributed by atoms with E-state index in [1.54, 1.807) is 46.7 Å². The van der Waals surface area contributed by atoms with E-state index >= 15 is 0 Å². The Morgan fingerprint density at radius 1 is 0.886 bits per heavy atom. The number of hydrogen-bond donors (Lipinski definition) is 1. The zero-order valence-electron chi connectivity index (χ0n) is 25.2. The van der Waals surface area contributed by atoms with Crippen LogP contribution >= 0.6 is 0 Å². The summed E-state index contributed by atoms with van der Waals surface area (Å²) in [5, 5.41) is 3.49. The third-order valence-corrected chi connectivity index (χ3v) is 7.65. The van der Waals surface area contributed by atoms with E-state index < -0.39 is 12.0 Å². The topological polar surface area (TPSA) is 93.5 Å². The Morgan fingerprint density at radius 3 is 2.30 bits per heavy atom. The number of carbonyl (C=O) groups is 2. The third kappa shape index (κ3) is 6.54. The predicted molar refractivity (Wildman–Crippen MR) is 173 cm³/mol. The number of nitrogens with one attached hydrogen (secondary N) is 1. The molecule has 44 heavy (non-hydrogen) atoms. The Labute approximate surface area is 256 Å². The molecule has 1 N–H and O–H groups in total. The molecule has 2 amide bonds. The van der Waals surface area contributed by atoms with Gasteiger partial charge in [0.2, 0.25) is 0 Å². The Bertz CT molecular complexity index is 1820. The highest BCUT2D eigenvalue weighted by Crippen LogP contribution is 2.26. The second-order valence-corrected chi connectivity index (χ2v) is 10.4. The van der Waals surface area contributed by atoms with Crippen LogP contribution in [-0.2, 0) is 17.6 Å². The Kier molecular flexibility index (Phi) is 9.49. The summed E-state index contributed by atoms with van der Waals surface area (Å²) in [7, 11) is 0. The van der Waals surface area contributed by atoms with Gasteiger partial charge >= 0.3 is 12.0 Å². The minimum atomic E-state index is -0.584. The number of ether oxygens (including phenoxy) is 1. The number of nitrogens with zero attached hydrogens (tertiary/aromatic N) is 3. The van der Waals surface area contributed by atoms with Crippen LogP contribution in [0.5, 0.6) is 0 Å². The highest BCUT2D eigenvalue weighted by atomic mass is 16.5. The Hall–Kier alpha value is -5.24. The third-order valence-electron chi connectivity index (χ3n) is 7.65. The lowest BCUT2D eigenvalue weighted by Crippen LogP contribution is -2.41. The number of benzene rings is 4. The van der Waals surface area contributed by atoms with E-state index in [0.29, 0.717) is 40.9 Å². The van der Waals surface area contributed by atoms with Gasteiger partial charge in [-0.2, -0.15) is 0 Å². The van der Waals surface area contributed by atoms with Gasteiger partial charge in [-0.3, -0.25) is 9.36 Å². The normalized spacial score (nSPS) is 11.6. The second kappa shape index (κ2) is 13.8. The van der Waals surface area contributed by atoms with Crippen LogP contribution in [0.3, 0.4) is 0 Å². The number of hydrogen-bond acceptors (Lipinski definition) is 5. The highest BCUT2D eigenvalue weighted by Gasteiger charge is 2.27. The summed E-state index contributed by atoms with van der Waals surface area (Å²) in [5.74, 6) is 0.0478. The molecule has 8 heteroatoms. The van der Waals surface area contributed by atoms with Gasteiger partial charge in [0.1, 0.15) is 5.82 Å². The van der Waals surface area contributed by atoms with E-state index in [2.05, 4.69) is 5.32 Å². The summed E-state index contributed by atoms with van der Waals surface area (Å²) in [6, 6.07) is 30.7. The molecular weight excluding hydrogens is 552 g/mol. The van der Waals surface area contributed by atoms with Crippen molar-refractivity contribution in [2.45, 2.75) is 39.7 Å². The first-order valence-corrected chi connectivity index (χ1v) is 14.9. The van der Waals surface area contributed by atoms with Gasteiger partial charge in [0.05, 0.1) is 34.8 Å². The fourth-order valence-electron chi connectivity index (χ4n) is 5.29. The first-order chi connectivity index (χ1) is 21.4. The van der Waals surface area contributed by atoms with Crippen molar-refractivity contribution in [2.24, 2.45) is 0 Å². The van der Waals surface area contributed by atoms with Crippen molar-refractivity contribution < 1.29 is 14.3 Å². The van der Waals surface area contributed by atoms with Gasteiger partial charge in [-0.05, 0) is 80.3 Å². The van der Waals surface area contributed by atoms with Crippen molar-refractivity contribution in [1.29, 1.82) is 0 Å². The number of carbonyl (C=O) groups excluding carboxylic acids is 2. The van der Waals surface area contributed by atoms with Gasteiger partial charge < -0.3 is 15.0 Å². The fraction of sp³-hybridized carbons (Fsp3) is 0.222. The lowest BCUT2D eigenvalue weighted by molar-refractivity contribution is 0.0526. The van der Waals surface area contributed by atoms with Gasteiger partial charge in [0.15, 0.2) is 0 Å². The van der Waals surface area contributed by atoms with Gasteiger partial charge in [-0.15, -0.1) is 0 Å². The maximum absolute atomic E-state index is 14.1. The standard InChI is InChI=1S/C36H36N4O4/c1-4-27-15-9-12-18-32(27)40-33(38-31-17-11-10-16-30(31)34(40)41)25(3)39(24-23-26-13-7-6-8-14-26)36(43)37-29-21-19-28(20-22-29)35(42)44-5-2/h6-22,25H,4-5,23-24H2,1-3H3,(H,37,43). The van der Waals surface area contributed by atoms with Crippen LogP contribution in [0.25, 0.3) is 16.6 Å². The maximum Gasteiger partial charge on any atom is 0.338 e. The zero-order valence-corrected chi connectivity index (χ0v) is 25.2. The average Bonchev–Trinajstić information content (AvgIpc) is 3.05. The Balaban J connectivity index is 1.56. The van der Waals surface area contributed by atoms with Crippen LogP contribution in [0.2, 0.25) is 0 Å². The minimum Gasteiger partial charge on any atom is -0.462 e. The number of amides is 2. The molecule has 1 unspecified atom stereocenters. The molecule has 0 radical (unpaired) electrons. The number of esters is 1. The first kappa shape index (κ1) is 30.2. The number of fused-ring (bicyclic) bond motifs is 1. The first-order valence-electron chi connectivity index (χ1n) is 14.9. The van der Waals surface area contributed by atoms with E-state index in [1.807, 2.05) is 86.6 Å². The van der Waals surface area contributed by atoms with Crippen molar-refractivity contribution in [1.82, 2.24) is 14.5 Å². The molecule has 0 spiro atoms. The molecule has 0 bridgehead atoms. The van der Waals surface area contributed by atoms with E-state index in [1.165, 1.54) is 0 Å². The SMILES string of the molecule is CCOC(=O)c1ccc(NC(=O)N(CCc2ccccc2)C(C)c2nc3ccccc3c(=O)n2-c2ccccc2CC)cc1. The van der Waals surface area contributed by atoms with Gasteiger partial charge in [0, 0.05) is 12.2 Å². The molecule has 8 nitrogen and oxygen atoms in total. The number of urea groups is 1. The van der Waals surface area contributed by atoms with Crippen molar-refractivity contribution in [3.05, 3.63) is 136 Å². The largest absolute Gasteiger partial charge is 0.462 e. The molecule has 5 aromatic rings. The zero-order chi connectivity index (χ0) is 31.1. The van der Waals surface area contributed by atoms with Gasteiger partial charge in [-0.1, -0.05) is 67.6 Å². The van der Waals surface area contributed by atoms with E-state index in [4.69, 9.17) is 9.72 Å². The molecule has 0 aliphatic rings. The fourth-order valence-corrected chi connectivity index (χ4v) is 5.29. The second-order valence-electron chi connectivity index (χ2n) is 10.4.